The van der Waals surface area contributed by atoms with E-state index in [2.05, 4.69) is 19.2 Å². The Hall–Kier alpha value is -1.75. The molecule has 114 valence electrons. The second-order valence-electron chi connectivity index (χ2n) is 4.98. The molecule has 4 nitrogen and oxygen atoms in total. The van der Waals surface area contributed by atoms with E-state index in [0.717, 1.165) is 18.6 Å². The standard InChI is InChI=1S/C16H22N2O2S/c1-3-13(4-2)17-16(19)18(11-14-7-5-9-20-14)12-15-8-6-10-21-15/h5-10,13H,3-4,11-12H2,1-2H3,(H,17,19). The van der Waals surface area contributed by atoms with Gasteiger partial charge in [-0.3, -0.25) is 0 Å². The van der Waals surface area contributed by atoms with Crippen LogP contribution in [0, 0.1) is 0 Å². The van der Waals surface area contributed by atoms with Crippen molar-refractivity contribution in [3.63, 3.8) is 0 Å². The van der Waals surface area contributed by atoms with E-state index in [1.54, 1.807) is 22.5 Å². The molecule has 2 heterocycles. The van der Waals surface area contributed by atoms with Crippen molar-refractivity contribution >= 4 is 17.4 Å². The van der Waals surface area contributed by atoms with E-state index < -0.39 is 0 Å². The van der Waals surface area contributed by atoms with Gasteiger partial charge in [-0.2, -0.15) is 0 Å². The van der Waals surface area contributed by atoms with E-state index in [-0.39, 0.29) is 12.1 Å². The summed E-state index contributed by atoms with van der Waals surface area (Å²) < 4.78 is 5.37. The predicted molar refractivity (Wildman–Crippen MR) is 85.2 cm³/mol. The quantitative estimate of drug-likeness (QED) is 0.831. The first-order chi connectivity index (χ1) is 10.2. The van der Waals surface area contributed by atoms with E-state index in [4.69, 9.17) is 4.42 Å². The zero-order valence-electron chi connectivity index (χ0n) is 12.5. The molecule has 21 heavy (non-hydrogen) atoms. The Morgan fingerprint density at radius 2 is 2.10 bits per heavy atom. The molecule has 2 aromatic heterocycles. The summed E-state index contributed by atoms with van der Waals surface area (Å²) in [5.74, 6) is 0.797. The number of nitrogens with zero attached hydrogens (tertiary/aromatic N) is 1. The lowest BCUT2D eigenvalue weighted by Gasteiger charge is -2.24. The van der Waals surface area contributed by atoms with Crippen LogP contribution in [0.2, 0.25) is 0 Å². The third-order valence-electron chi connectivity index (χ3n) is 3.45. The minimum atomic E-state index is -0.0338. The van der Waals surface area contributed by atoms with Crippen LogP contribution in [0.25, 0.3) is 0 Å². The SMILES string of the molecule is CCC(CC)NC(=O)N(Cc1ccco1)Cc1cccs1. The first-order valence-corrected chi connectivity index (χ1v) is 8.21. The van der Waals surface area contributed by atoms with Gasteiger partial charge in [0.15, 0.2) is 0 Å². The molecule has 0 aromatic carbocycles. The highest BCUT2D eigenvalue weighted by molar-refractivity contribution is 7.09. The number of hydrogen-bond acceptors (Lipinski definition) is 3. The summed E-state index contributed by atoms with van der Waals surface area (Å²) in [7, 11) is 0. The summed E-state index contributed by atoms with van der Waals surface area (Å²) in [5.41, 5.74) is 0. The van der Waals surface area contributed by atoms with E-state index in [0.29, 0.717) is 13.1 Å². The largest absolute Gasteiger partial charge is 0.467 e. The topological polar surface area (TPSA) is 45.5 Å². The molecule has 0 radical (unpaired) electrons. The molecular formula is C16H22N2O2S. The molecule has 0 fully saturated rings. The molecule has 2 aromatic rings. The number of furan rings is 1. The fraction of sp³-hybridized carbons (Fsp3) is 0.438. The Balaban J connectivity index is 2.05. The molecule has 5 heteroatoms. The van der Waals surface area contributed by atoms with E-state index >= 15 is 0 Å². The third-order valence-corrected chi connectivity index (χ3v) is 4.32. The molecule has 1 N–H and O–H groups in total. The molecule has 2 amide bonds. The average molecular weight is 306 g/mol. The third kappa shape index (κ3) is 4.63. The Kier molecular flexibility index (Phi) is 5.87. The van der Waals surface area contributed by atoms with Crippen molar-refractivity contribution in [2.75, 3.05) is 0 Å². The van der Waals surface area contributed by atoms with E-state index in [9.17, 15) is 4.79 Å². The molecule has 0 aliphatic heterocycles. The Bertz CT molecular complexity index is 482. The van der Waals surface area contributed by atoms with Gasteiger partial charge in [0.25, 0.3) is 0 Å². The maximum Gasteiger partial charge on any atom is 0.318 e. The maximum atomic E-state index is 12.5. The zero-order valence-corrected chi connectivity index (χ0v) is 13.4. The first kappa shape index (κ1) is 15.6. The fourth-order valence-corrected chi connectivity index (χ4v) is 2.86. The number of nitrogens with one attached hydrogen (secondary N) is 1. The molecule has 0 atom stereocenters. The van der Waals surface area contributed by atoms with Crippen LogP contribution in [0.3, 0.4) is 0 Å². The summed E-state index contributed by atoms with van der Waals surface area (Å²) in [5, 5.41) is 5.12. The van der Waals surface area contributed by atoms with Crippen molar-refractivity contribution in [3.8, 4) is 0 Å². The lowest BCUT2D eigenvalue weighted by molar-refractivity contribution is 0.183. The van der Waals surface area contributed by atoms with Crippen LogP contribution in [0.5, 0.6) is 0 Å². The summed E-state index contributed by atoms with van der Waals surface area (Å²) in [6, 6.07) is 7.98. The van der Waals surface area contributed by atoms with E-state index in [1.165, 1.54) is 4.88 Å². The number of carbonyl (C=O) groups excluding carboxylic acids is 1. The van der Waals surface area contributed by atoms with Crippen molar-refractivity contribution in [1.82, 2.24) is 10.2 Å². The number of carbonyl (C=O) groups is 1. The van der Waals surface area contributed by atoms with Gasteiger partial charge in [0.05, 0.1) is 19.4 Å². The monoisotopic (exact) mass is 306 g/mol. The summed E-state index contributed by atoms with van der Waals surface area (Å²) in [6.45, 7) is 5.26. The van der Waals surface area contributed by atoms with Gasteiger partial charge in [0.1, 0.15) is 5.76 Å². The minimum Gasteiger partial charge on any atom is -0.467 e. The number of urea groups is 1. The van der Waals surface area contributed by atoms with Gasteiger partial charge in [-0.05, 0) is 36.4 Å². The van der Waals surface area contributed by atoms with Crippen LogP contribution in [0.15, 0.2) is 40.3 Å². The molecule has 0 aliphatic carbocycles. The van der Waals surface area contributed by atoms with Gasteiger partial charge < -0.3 is 14.6 Å². The minimum absolute atomic E-state index is 0.0338. The van der Waals surface area contributed by atoms with Crippen molar-refractivity contribution in [3.05, 3.63) is 46.5 Å². The van der Waals surface area contributed by atoms with Gasteiger partial charge in [-0.1, -0.05) is 19.9 Å². The van der Waals surface area contributed by atoms with Gasteiger partial charge in [-0.25, -0.2) is 4.79 Å². The first-order valence-electron chi connectivity index (χ1n) is 7.33. The summed E-state index contributed by atoms with van der Waals surface area (Å²) in [4.78, 5) is 15.5. The Morgan fingerprint density at radius 1 is 1.29 bits per heavy atom. The van der Waals surface area contributed by atoms with Crippen molar-refractivity contribution in [2.45, 2.75) is 45.8 Å². The molecule has 0 saturated heterocycles. The van der Waals surface area contributed by atoms with Gasteiger partial charge in [-0.15, -0.1) is 11.3 Å². The van der Waals surface area contributed by atoms with Crippen LogP contribution in [-0.4, -0.2) is 17.0 Å². The Morgan fingerprint density at radius 3 is 2.67 bits per heavy atom. The lowest BCUT2D eigenvalue weighted by atomic mass is 10.2. The van der Waals surface area contributed by atoms with Crippen LogP contribution in [0.1, 0.15) is 37.3 Å². The molecule has 2 rings (SSSR count). The average Bonchev–Trinajstić information content (AvgIpc) is 3.17. The molecule has 0 saturated carbocycles. The second-order valence-corrected chi connectivity index (χ2v) is 6.01. The van der Waals surface area contributed by atoms with Crippen molar-refractivity contribution in [2.24, 2.45) is 0 Å². The molecule has 0 aliphatic rings. The van der Waals surface area contributed by atoms with Crippen molar-refractivity contribution < 1.29 is 9.21 Å². The zero-order chi connectivity index (χ0) is 15.1. The smallest absolute Gasteiger partial charge is 0.318 e. The summed E-state index contributed by atoms with van der Waals surface area (Å²) >= 11 is 1.66. The lowest BCUT2D eigenvalue weighted by Crippen LogP contribution is -2.43. The highest BCUT2D eigenvalue weighted by Crippen LogP contribution is 2.15. The maximum absolute atomic E-state index is 12.5. The van der Waals surface area contributed by atoms with Crippen LogP contribution < -0.4 is 5.32 Å². The number of hydrogen-bond donors (Lipinski definition) is 1. The highest BCUT2D eigenvalue weighted by atomic mass is 32.1. The van der Waals surface area contributed by atoms with E-state index in [1.807, 2.05) is 29.6 Å². The van der Waals surface area contributed by atoms with Gasteiger partial charge in [0, 0.05) is 10.9 Å². The molecule has 0 unspecified atom stereocenters. The number of amides is 2. The van der Waals surface area contributed by atoms with Crippen LogP contribution >= 0.6 is 11.3 Å². The van der Waals surface area contributed by atoms with Crippen LogP contribution in [0.4, 0.5) is 4.79 Å². The van der Waals surface area contributed by atoms with Crippen molar-refractivity contribution in [1.29, 1.82) is 0 Å². The van der Waals surface area contributed by atoms with Gasteiger partial charge in [0.2, 0.25) is 0 Å². The van der Waals surface area contributed by atoms with Crippen LogP contribution in [-0.2, 0) is 13.1 Å². The second kappa shape index (κ2) is 7.88. The number of thiophene rings is 1. The van der Waals surface area contributed by atoms with Gasteiger partial charge >= 0.3 is 6.03 Å². The molecule has 0 spiro atoms. The highest BCUT2D eigenvalue weighted by Gasteiger charge is 2.18. The fourth-order valence-electron chi connectivity index (χ4n) is 2.14. The summed E-state index contributed by atoms with van der Waals surface area (Å²) in [6.07, 6.45) is 3.52. The molecule has 0 bridgehead atoms. The Labute approximate surface area is 129 Å². The normalized spacial score (nSPS) is 10.8. The number of rotatable bonds is 7. The molecular weight excluding hydrogens is 284 g/mol. The predicted octanol–water partition coefficient (Wildman–Crippen LogP) is 4.24.